The maximum absolute atomic E-state index is 13.6. The van der Waals surface area contributed by atoms with E-state index in [4.69, 9.17) is 4.74 Å². The summed E-state index contributed by atoms with van der Waals surface area (Å²) in [6.45, 7) is 4.04. The number of carbonyl (C=O) groups is 1. The van der Waals surface area contributed by atoms with Gasteiger partial charge in [-0.15, -0.1) is 4.80 Å². The Morgan fingerprint density at radius 2 is 1.88 bits per heavy atom. The second kappa shape index (κ2) is 8.57. The monoisotopic (exact) mass is 443 g/mol. The van der Waals surface area contributed by atoms with E-state index in [9.17, 15) is 4.79 Å². The molecule has 0 aromatic carbocycles. The Kier molecular flexibility index (Phi) is 5.45. The van der Waals surface area contributed by atoms with Crippen LogP contribution in [0.5, 0.6) is 5.88 Å². The second-order valence-electron chi connectivity index (χ2n) is 8.55. The van der Waals surface area contributed by atoms with Crippen LogP contribution in [0, 0.1) is 12.8 Å². The number of hydrogen-bond donors (Lipinski definition) is 0. The van der Waals surface area contributed by atoms with Gasteiger partial charge in [-0.25, -0.2) is 9.97 Å². The van der Waals surface area contributed by atoms with E-state index in [0.29, 0.717) is 28.8 Å². The predicted octanol–water partition coefficient (Wildman–Crippen LogP) is 3.23. The van der Waals surface area contributed by atoms with Gasteiger partial charge in [0.1, 0.15) is 11.8 Å². The van der Waals surface area contributed by atoms with Crippen molar-refractivity contribution in [3.8, 4) is 11.6 Å². The molecule has 0 bridgehead atoms. The molecule has 4 heterocycles. The molecule has 33 heavy (non-hydrogen) atoms. The first-order chi connectivity index (χ1) is 16.0. The molecule has 0 spiro atoms. The number of carbonyl (C=O) groups excluding carboxylic acids is 1. The fourth-order valence-corrected chi connectivity index (χ4v) is 4.43. The van der Waals surface area contributed by atoms with Crippen molar-refractivity contribution in [2.75, 3.05) is 7.05 Å². The molecule has 1 aliphatic carbocycles. The number of ether oxygens (including phenoxy) is 1. The van der Waals surface area contributed by atoms with Gasteiger partial charge in [0.25, 0.3) is 5.91 Å². The van der Waals surface area contributed by atoms with E-state index < -0.39 is 0 Å². The van der Waals surface area contributed by atoms with Crippen LogP contribution in [-0.4, -0.2) is 59.9 Å². The summed E-state index contributed by atoms with van der Waals surface area (Å²) in [6, 6.07) is 11.2. The summed E-state index contributed by atoms with van der Waals surface area (Å²) in [7, 11) is 1.81. The van der Waals surface area contributed by atoms with Gasteiger partial charge < -0.3 is 9.64 Å². The van der Waals surface area contributed by atoms with E-state index in [1.807, 2.05) is 43.3 Å². The van der Waals surface area contributed by atoms with Crippen LogP contribution in [0.1, 0.15) is 35.9 Å². The van der Waals surface area contributed by atoms with Crippen molar-refractivity contribution >= 4 is 16.9 Å². The van der Waals surface area contributed by atoms with Crippen LogP contribution >= 0.6 is 0 Å². The lowest BCUT2D eigenvalue weighted by Gasteiger charge is -2.30. The van der Waals surface area contributed by atoms with E-state index in [0.717, 1.165) is 23.9 Å². The van der Waals surface area contributed by atoms with Crippen molar-refractivity contribution in [1.29, 1.82) is 0 Å². The topological polar surface area (TPSA) is 98.9 Å². The molecule has 3 atom stereocenters. The van der Waals surface area contributed by atoms with Crippen LogP contribution in [0.4, 0.5) is 0 Å². The molecule has 9 nitrogen and oxygen atoms in total. The third-order valence-corrected chi connectivity index (χ3v) is 6.09. The van der Waals surface area contributed by atoms with Gasteiger partial charge in [0.05, 0.1) is 18.4 Å². The van der Waals surface area contributed by atoms with Crippen LogP contribution < -0.4 is 4.74 Å². The lowest BCUT2D eigenvalue weighted by Crippen LogP contribution is -2.44. The average Bonchev–Trinajstić information content (AvgIpc) is 3.48. The number of rotatable bonds is 5. The minimum Gasteiger partial charge on any atom is -0.472 e. The minimum atomic E-state index is -0.188. The maximum Gasteiger partial charge on any atom is 0.274 e. The Hall–Kier alpha value is -3.88. The molecule has 5 rings (SSSR count). The molecular weight excluding hydrogens is 418 g/mol. The first-order valence-corrected chi connectivity index (χ1v) is 11.0. The number of amides is 1. The molecule has 0 saturated heterocycles. The number of aromatic nitrogens is 6. The number of aryl methyl sites for hydroxylation is 1. The van der Waals surface area contributed by atoms with Crippen molar-refractivity contribution in [2.45, 2.75) is 38.8 Å². The van der Waals surface area contributed by atoms with Gasteiger partial charge in [0, 0.05) is 30.4 Å². The van der Waals surface area contributed by atoms with Gasteiger partial charge in [-0.1, -0.05) is 6.92 Å². The molecule has 168 valence electrons. The van der Waals surface area contributed by atoms with E-state index in [-0.39, 0.29) is 18.1 Å². The highest BCUT2D eigenvalue weighted by molar-refractivity contribution is 5.96. The van der Waals surface area contributed by atoms with Crippen molar-refractivity contribution in [2.24, 2.45) is 5.92 Å². The SMILES string of the molecule is Cc1ccc(-n2nccn2)c(C(=O)N(C)C2CC(C)CC2Oc2ccc3cccnc3n2)n1. The average molecular weight is 444 g/mol. The zero-order valence-electron chi connectivity index (χ0n) is 18.8. The Morgan fingerprint density at radius 1 is 1.06 bits per heavy atom. The van der Waals surface area contributed by atoms with Crippen molar-refractivity contribution in [3.63, 3.8) is 0 Å². The quantitative estimate of drug-likeness (QED) is 0.467. The molecule has 3 unspecified atom stereocenters. The molecule has 0 N–H and O–H groups in total. The normalized spacial score (nSPS) is 20.2. The minimum absolute atomic E-state index is 0.116. The molecule has 0 radical (unpaired) electrons. The molecule has 1 aliphatic rings. The fraction of sp³-hybridized carbons (Fsp3) is 0.333. The van der Waals surface area contributed by atoms with Crippen LogP contribution in [0.25, 0.3) is 16.7 Å². The van der Waals surface area contributed by atoms with Gasteiger partial charge >= 0.3 is 0 Å². The highest BCUT2D eigenvalue weighted by Crippen LogP contribution is 2.33. The summed E-state index contributed by atoms with van der Waals surface area (Å²) < 4.78 is 6.30. The summed E-state index contributed by atoms with van der Waals surface area (Å²) in [5.74, 6) is 0.736. The van der Waals surface area contributed by atoms with E-state index in [1.165, 1.54) is 4.80 Å². The Labute approximate surface area is 191 Å². The maximum atomic E-state index is 13.6. The molecule has 0 aliphatic heterocycles. The third-order valence-electron chi connectivity index (χ3n) is 6.09. The van der Waals surface area contributed by atoms with Crippen molar-refractivity contribution in [1.82, 2.24) is 34.8 Å². The largest absolute Gasteiger partial charge is 0.472 e. The highest BCUT2D eigenvalue weighted by atomic mass is 16.5. The lowest BCUT2D eigenvalue weighted by molar-refractivity contribution is 0.0577. The standard InChI is InChI=1S/C24H25N7O2/c1-15-13-19(20(14-15)33-21-9-7-17-5-4-10-25-23(17)29-21)30(3)24(32)22-18(8-6-16(2)28-22)31-26-11-12-27-31/h4-12,15,19-20H,13-14H2,1-3H3. The van der Waals surface area contributed by atoms with E-state index in [1.54, 1.807) is 30.5 Å². The molecular formula is C24H25N7O2. The highest BCUT2D eigenvalue weighted by Gasteiger charge is 2.39. The van der Waals surface area contributed by atoms with Crippen molar-refractivity contribution < 1.29 is 9.53 Å². The van der Waals surface area contributed by atoms with Crippen LogP contribution in [0.2, 0.25) is 0 Å². The number of pyridine rings is 3. The van der Waals surface area contributed by atoms with Gasteiger partial charge in [0.2, 0.25) is 5.88 Å². The summed E-state index contributed by atoms with van der Waals surface area (Å²) >= 11 is 0. The number of hydrogen-bond acceptors (Lipinski definition) is 7. The van der Waals surface area contributed by atoms with Gasteiger partial charge in [0.15, 0.2) is 11.3 Å². The zero-order valence-corrected chi connectivity index (χ0v) is 18.8. The Morgan fingerprint density at radius 3 is 2.70 bits per heavy atom. The molecule has 9 heteroatoms. The first kappa shape index (κ1) is 21.0. The lowest BCUT2D eigenvalue weighted by atomic mass is 10.1. The first-order valence-electron chi connectivity index (χ1n) is 11.0. The Bertz CT molecular complexity index is 1290. The second-order valence-corrected chi connectivity index (χ2v) is 8.55. The smallest absolute Gasteiger partial charge is 0.274 e. The predicted molar refractivity (Wildman–Crippen MR) is 122 cm³/mol. The summed E-state index contributed by atoms with van der Waals surface area (Å²) in [6.07, 6.45) is 6.35. The van der Waals surface area contributed by atoms with E-state index >= 15 is 0 Å². The number of fused-ring (bicyclic) bond motifs is 1. The molecule has 1 fully saturated rings. The summed E-state index contributed by atoms with van der Waals surface area (Å²) in [4.78, 5) is 30.2. The van der Waals surface area contributed by atoms with Crippen LogP contribution in [0.15, 0.2) is 55.0 Å². The zero-order chi connectivity index (χ0) is 22.9. The van der Waals surface area contributed by atoms with Gasteiger partial charge in [-0.3, -0.25) is 4.79 Å². The molecule has 1 amide bonds. The summed E-state index contributed by atoms with van der Waals surface area (Å²) in [5.41, 5.74) is 2.26. The van der Waals surface area contributed by atoms with Gasteiger partial charge in [-0.05, 0) is 56.0 Å². The number of nitrogens with zero attached hydrogens (tertiary/aromatic N) is 7. The molecule has 4 aromatic heterocycles. The van der Waals surface area contributed by atoms with E-state index in [2.05, 4.69) is 32.1 Å². The van der Waals surface area contributed by atoms with Gasteiger partial charge in [-0.2, -0.15) is 15.2 Å². The fourth-order valence-electron chi connectivity index (χ4n) is 4.43. The molecule has 4 aromatic rings. The van der Waals surface area contributed by atoms with Crippen molar-refractivity contribution in [3.05, 3.63) is 66.4 Å². The number of likely N-dealkylation sites (N-methyl/N-ethyl adjacent to an activating group) is 1. The third kappa shape index (κ3) is 4.13. The molecule has 1 saturated carbocycles. The Balaban J connectivity index is 1.41. The van der Waals surface area contributed by atoms with Crippen LogP contribution in [-0.2, 0) is 0 Å². The summed E-state index contributed by atoms with van der Waals surface area (Å²) in [5, 5.41) is 9.32. The van der Waals surface area contributed by atoms with Crippen LogP contribution in [0.3, 0.4) is 0 Å².